The minimum Gasteiger partial charge on any atom is -0.434 e. The zero-order chi connectivity index (χ0) is 15.2. The Hall–Kier alpha value is -0.770. The highest BCUT2D eigenvalue weighted by Gasteiger charge is 2.13. The molecule has 4 heteroatoms. The van der Waals surface area contributed by atoms with Crippen LogP contribution in [0.3, 0.4) is 0 Å². The highest BCUT2D eigenvalue weighted by Crippen LogP contribution is 2.18. The van der Waals surface area contributed by atoms with Gasteiger partial charge in [-0.3, -0.25) is 0 Å². The van der Waals surface area contributed by atoms with Crippen molar-refractivity contribution in [3.63, 3.8) is 0 Å². The second kappa shape index (κ2) is 13.2. The SMILES string of the molecule is CCCCCCC(CCCC)COC(=O)OCC(C)O. The van der Waals surface area contributed by atoms with Gasteiger partial charge in [-0.15, -0.1) is 0 Å². The molecule has 2 unspecified atom stereocenters. The monoisotopic (exact) mass is 288 g/mol. The van der Waals surface area contributed by atoms with Crippen LogP contribution in [0.25, 0.3) is 0 Å². The average molecular weight is 288 g/mol. The summed E-state index contributed by atoms with van der Waals surface area (Å²) in [5.41, 5.74) is 0. The topological polar surface area (TPSA) is 55.8 Å². The lowest BCUT2D eigenvalue weighted by Gasteiger charge is -2.16. The van der Waals surface area contributed by atoms with E-state index >= 15 is 0 Å². The lowest BCUT2D eigenvalue weighted by atomic mass is 9.96. The molecule has 0 bridgehead atoms. The molecular weight excluding hydrogens is 256 g/mol. The molecule has 0 aliphatic carbocycles. The molecule has 20 heavy (non-hydrogen) atoms. The Morgan fingerprint density at radius 2 is 1.55 bits per heavy atom. The molecule has 0 spiro atoms. The summed E-state index contributed by atoms with van der Waals surface area (Å²) in [4.78, 5) is 11.3. The molecule has 0 radical (unpaired) electrons. The summed E-state index contributed by atoms with van der Waals surface area (Å²) in [5.74, 6) is 0.436. The lowest BCUT2D eigenvalue weighted by molar-refractivity contribution is 0.0153. The lowest BCUT2D eigenvalue weighted by Crippen LogP contribution is -2.19. The number of aliphatic hydroxyl groups excluding tert-OH is 1. The van der Waals surface area contributed by atoms with Crippen LogP contribution in [0.4, 0.5) is 4.79 Å². The van der Waals surface area contributed by atoms with Crippen molar-refractivity contribution in [3.05, 3.63) is 0 Å². The van der Waals surface area contributed by atoms with Gasteiger partial charge in [-0.25, -0.2) is 4.79 Å². The first-order valence-corrected chi connectivity index (χ1v) is 8.07. The molecule has 0 aromatic heterocycles. The van der Waals surface area contributed by atoms with Crippen molar-refractivity contribution >= 4 is 6.16 Å². The Morgan fingerprint density at radius 1 is 0.950 bits per heavy atom. The van der Waals surface area contributed by atoms with Gasteiger partial charge in [0, 0.05) is 0 Å². The van der Waals surface area contributed by atoms with Gasteiger partial charge in [0.05, 0.1) is 12.7 Å². The molecule has 4 nitrogen and oxygen atoms in total. The third kappa shape index (κ3) is 12.3. The third-order valence-electron chi connectivity index (χ3n) is 3.31. The predicted octanol–water partition coefficient (Wildman–Crippen LogP) is 4.30. The van der Waals surface area contributed by atoms with E-state index in [4.69, 9.17) is 14.6 Å². The quantitative estimate of drug-likeness (QED) is 0.430. The van der Waals surface area contributed by atoms with Gasteiger partial charge in [-0.2, -0.15) is 0 Å². The first kappa shape index (κ1) is 19.2. The normalized spacial score (nSPS) is 13.8. The first-order chi connectivity index (χ1) is 9.60. The van der Waals surface area contributed by atoms with Gasteiger partial charge >= 0.3 is 6.16 Å². The zero-order valence-corrected chi connectivity index (χ0v) is 13.4. The minimum absolute atomic E-state index is 0.00500. The molecule has 0 aromatic carbocycles. The second-order valence-electron chi connectivity index (χ2n) is 5.58. The minimum atomic E-state index is -0.666. The van der Waals surface area contributed by atoms with Crippen LogP contribution >= 0.6 is 0 Å². The van der Waals surface area contributed by atoms with Crippen LogP contribution < -0.4 is 0 Å². The van der Waals surface area contributed by atoms with E-state index in [1.54, 1.807) is 6.92 Å². The van der Waals surface area contributed by atoms with Crippen molar-refractivity contribution in [3.8, 4) is 0 Å². The number of ether oxygens (including phenoxy) is 2. The molecule has 0 saturated heterocycles. The number of carbonyl (C=O) groups excluding carboxylic acids is 1. The van der Waals surface area contributed by atoms with Gasteiger partial charge in [0.25, 0.3) is 0 Å². The maximum atomic E-state index is 11.3. The maximum absolute atomic E-state index is 11.3. The third-order valence-corrected chi connectivity index (χ3v) is 3.31. The molecule has 0 fully saturated rings. The van der Waals surface area contributed by atoms with E-state index in [2.05, 4.69) is 13.8 Å². The standard InChI is InChI=1S/C16H32O4/c1-4-6-8-9-11-15(10-7-5-2)13-20-16(18)19-12-14(3)17/h14-15,17H,4-13H2,1-3H3. The fourth-order valence-electron chi connectivity index (χ4n) is 2.08. The molecule has 0 aliphatic rings. The summed E-state index contributed by atoms with van der Waals surface area (Å²) in [5, 5.41) is 9.03. The number of unbranched alkanes of at least 4 members (excludes halogenated alkanes) is 4. The maximum Gasteiger partial charge on any atom is 0.508 e. The highest BCUT2D eigenvalue weighted by atomic mass is 16.7. The number of aliphatic hydroxyl groups is 1. The summed E-state index contributed by atoms with van der Waals surface area (Å²) in [6.45, 7) is 6.38. The average Bonchev–Trinajstić information content (AvgIpc) is 2.43. The summed E-state index contributed by atoms with van der Waals surface area (Å²) >= 11 is 0. The van der Waals surface area contributed by atoms with E-state index in [-0.39, 0.29) is 6.61 Å². The summed E-state index contributed by atoms with van der Waals surface area (Å²) < 4.78 is 9.93. The molecular formula is C16H32O4. The largest absolute Gasteiger partial charge is 0.508 e. The Balaban J connectivity index is 3.86. The molecule has 0 aliphatic heterocycles. The van der Waals surface area contributed by atoms with Crippen molar-refractivity contribution in [1.29, 1.82) is 0 Å². The van der Waals surface area contributed by atoms with Crippen molar-refractivity contribution in [2.75, 3.05) is 13.2 Å². The van der Waals surface area contributed by atoms with Gasteiger partial charge in [-0.1, -0.05) is 52.4 Å². The molecule has 0 rings (SSSR count). The van der Waals surface area contributed by atoms with Crippen LogP contribution in [0.5, 0.6) is 0 Å². The fraction of sp³-hybridized carbons (Fsp3) is 0.938. The number of rotatable bonds is 12. The van der Waals surface area contributed by atoms with Gasteiger partial charge in [0.1, 0.15) is 6.61 Å². The van der Waals surface area contributed by atoms with E-state index in [1.807, 2.05) is 0 Å². The second-order valence-corrected chi connectivity index (χ2v) is 5.58. The molecule has 120 valence electrons. The van der Waals surface area contributed by atoms with Crippen LogP contribution in [0.2, 0.25) is 0 Å². The van der Waals surface area contributed by atoms with Crippen molar-refractivity contribution < 1.29 is 19.4 Å². The van der Waals surface area contributed by atoms with E-state index in [9.17, 15) is 4.79 Å². The van der Waals surface area contributed by atoms with Crippen LogP contribution in [0, 0.1) is 5.92 Å². The summed E-state index contributed by atoms with van der Waals surface area (Å²) in [7, 11) is 0. The number of carbonyl (C=O) groups is 1. The van der Waals surface area contributed by atoms with E-state index in [0.29, 0.717) is 12.5 Å². The van der Waals surface area contributed by atoms with Gasteiger partial charge in [0.2, 0.25) is 0 Å². The molecule has 0 amide bonds. The number of hydrogen-bond donors (Lipinski definition) is 1. The van der Waals surface area contributed by atoms with E-state index in [0.717, 1.165) is 19.3 Å². The molecule has 0 saturated carbocycles. The van der Waals surface area contributed by atoms with Gasteiger partial charge in [-0.05, 0) is 25.7 Å². The van der Waals surface area contributed by atoms with Gasteiger partial charge in [0.15, 0.2) is 0 Å². The Kier molecular flexibility index (Phi) is 12.7. The Morgan fingerprint density at radius 3 is 2.15 bits per heavy atom. The molecule has 1 N–H and O–H groups in total. The smallest absolute Gasteiger partial charge is 0.434 e. The number of hydrogen-bond acceptors (Lipinski definition) is 4. The first-order valence-electron chi connectivity index (χ1n) is 8.07. The van der Waals surface area contributed by atoms with Crippen LogP contribution in [0.1, 0.15) is 72.1 Å². The summed E-state index contributed by atoms with van der Waals surface area (Å²) in [6, 6.07) is 0. The predicted molar refractivity (Wildman–Crippen MR) is 80.8 cm³/mol. The van der Waals surface area contributed by atoms with Crippen molar-refractivity contribution in [2.24, 2.45) is 5.92 Å². The zero-order valence-electron chi connectivity index (χ0n) is 13.4. The van der Waals surface area contributed by atoms with E-state index in [1.165, 1.54) is 32.1 Å². The van der Waals surface area contributed by atoms with Crippen LogP contribution in [-0.2, 0) is 9.47 Å². The molecule has 2 atom stereocenters. The summed E-state index contributed by atoms with van der Waals surface area (Å²) in [6.07, 6.45) is 8.21. The van der Waals surface area contributed by atoms with Crippen molar-refractivity contribution in [2.45, 2.75) is 78.2 Å². The molecule has 0 aromatic rings. The van der Waals surface area contributed by atoms with Crippen LogP contribution in [-0.4, -0.2) is 30.6 Å². The Bertz CT molecular complexity index is 229. The van der Waals surface area contributed by atoms with Gasteiger partial charge < -0.3 is 14.6 Å². The van der Waals surface area contributed by atoms with E-state index < -0.39 is 12.3 Å². The molecule has 0 heterocycles. The Labute approximate surface area is 123 Å². The highest BCUT2D eigenvalue weighted by molar-refractivity contribution is 5.59. The fourth-order valence-corrected chi connectivity index (χ4v) is 2.08. The van der Waals surface area contributed by atoms with Crippen molar-refractivity contribution in [1.82, 2.24) is 0 Å². The van der Waals surface area contributed by atoms with Crippen LogP contribution in [0.15, 0.2) is 0 Å².